The summed E-state index contributed by atoms with van der Waals surface area (Å²) in [6, 6.07) is 0. The van der Waals surface area contributed by atoms with Crippen molar-refractivity contribution in [1.82, 2.24) is 0 Å². The Kier molecular flexibility index (Phi) is 10.9. The molecule has 0 unspecified atom stereocenters. The Labute approximate surface area is 65.9 Å². The van der Waals surface area contributed by atoms with Crippen molar-refractivity contribution >= 4 is 37.0 Å². The van der Waals surface area contributed by atoms with E-state index in [1.165, 1.54) is 5.57 Å². The van der Waals surface area contributed by atoms with Crippen LogP contribution in [0.25, 0.3) is 0 Å². The first-order chi connectivity index (χ1) is 3.27. The van der Waals surface area contributed by atoms with Gasteiger partial charge in [-0.25, -0.2) is 0 Å². The molecule has 0 amide bonds. The number of halogens is 1. The average Bonchev–Trinajstić information content (AvgIpc) is 1.61. The fourth-order valence-corrected chi connectivity index (χ4v) is 0.991. The molecule has 4 heteroatoms. The van der Waals surface area contributed by atoms with Crippen LogP contribution in [0.1, 0.15) is 13.8 Å². The Balaban J connectivity index is 0. The van der Waals surface area contributed by atoms with Gasteiger partial charge in [-0.15, -0.1) is 0 Å². The summed E-state index contributed by atoms with van der Waals surface area (Å²) in [5, 5.41) is 0. The number of hydrogen-bond donors (Lipinski definition) is 0. The monoisotopic (exact) mass is 212 g/mol. The normalized spacial score (nSPS) is 8.88. The molecule has 0 aliphatic rings. The molecule has 0 spiro atoms. The molecule has 0 aliphatic heterocycles. The molecule has 0 heterocycles. The Morgan fingerprint density at radius 2 is 2.12 bits per heavy atom. The zero-order valence-corrected chi connectivity index (χ0v) is 7.57. The molecule has 0 saturated heterocycles. The molecule has 0 saturated carbocycles. The van der Waals surface area contributed by atoms with Gasteiger partial charge in [-0.05, 0) is 24.8 Å². The Morgan fingerprint density at radius 3 is 2.25 bits per heavy atom. The molecule has 1 nitrogen and oxygen atoms in total. The average molecular weight is 213 g/mol. The van der Waals surface area contributed by atoms with Crippen LogP contribution in [-0.2, 0) is 3.52 Å². The summed E-state index contributed by atoms with van der Waals surface area (Å²) in [7, 11) is -0.371. The zero-order chi connectivity index (χ0) is 5.70. The lowest BCUT2D eigenvalue weighted by atomic mass is 10.4. The molecule has 0 aromatic rings. The Hall–Kier alpha value is 0.614. The van der Waals surface area contributed by atoms with E-state index in [2.05, 4.69) is 35.8 Å². The van der Waals surface area contributed by atoms with Gasteiger partial charge >= 0.3 is 0 Å². The summed E-state index contributed by atoms with van der Waals surface area (Å²) < 4.78 is 4.73. The fraction of sp³-hybridized carbons (Fsp3) is 0.500. The van der Waals surface area contributed by atoms with Crippen molar-refractivity contribution in [3.8, 4) is 0 Å². The minimum absolute atomic E-state index is 0. The number of allylic oxidation sites excluding steroid dienone is 1. The van der Waals surface area contributed by atoms with Gasteiger partial charge in [0.05, 0.1) is 16.3 Å². The maximum absolute atomic E-state index is 4.73. The van der Waals surface area contributed by atoms with E-state index in [1.807, 2.05) is 0 Å². The predicted octanol–water partition coefficient (Wildman–Crippen LogP) is -0.131. The lowest BCUT2D eigenvalue weighted by Gasteiger charge is -1.84. The number of rotatable bonds is 2. The van der Waals surface area contributed by atoms with Crippen LogP contribution in [-0.4, -0.2) is 20.7 Å². The van der Waals surface area contributed by atoms with Crippen LogP contribution in [0.4, 0.5) is 0 Å². The number of hydrogen-bond acceptors (Lipinski definition) is 1. The maximum atomic E-state index is 4.73. The molecule has 0 radical (unpaired) electrons. The summed E-state index contributed by atoms with van der Waals surface area (Å²) >= 11 is 2.89. The first kappa shape index (κ1) is 11.4. The highest BCUT2D eigenvalue weighted by atomic mass is 79.9. The predicted molar refractivity (Wildman–Crippen MR) is 49.3 cm³/mol. The molecule has 0 atom stereocenters. The van der Waals surface area contributed by atoms with Crippen LogP contribution in [0.2, 0.25) is 0 Å². The lowest BCUT2D eigenvalue weighted by Crippen LogP contribution is -1.81. The molecule has 0 fully saturated rings. The van der Waals surface area contributed by atoms with E-state index in [0.29, 0.717) is 0 Å². The summed E-state index contributed by atoms with van der Waals surface area (Å²) in [6.07, 6.45) is 0. The van der Waals surface area contributed by atoms with E-state index in [-0.39, 0.29) is 20.7 Å². The van der Waals surface area contributed by atoms with Crippen molar-refractivity contribution < 1.29 is 3.52 Å². The van der Waals surface area contributed by atoms with Crippen LogP contribution in [0.3, 0.4) is 0 Å². The molecule has 0 aliphatic carbocycles. The van der Waals surface area contributed by atoms with Gasteiger partial charge in [-0.3, -0.25) is 0 Å². The summed E-state index contributed by atoms with van der Waals surface area (Å²) in [5.74, 6) is 0. The Bertz CT molecular complexity index is 70.4. The fourth-order valence-electron chi connectivity index (χ4n) is 0.198. The second-order valence-electron chi connectivity index (χ2n) is 1.56. The maximum Gasteiger partial charge on any atom is 0.203 e. The molecule has 0 N–H and O–H groups in total. The minimum Gasteiger partial charge on any atom is -0.354 e. The van der Waals surface area contributed by atoms with Gasteiger partial charge in [0.2, 0.25) is 9.76 Å². The van der Waals surface area contributed by atoms with Gasteiger partial charge in [0.1, 0.15) is 0 Å². The largest absolute Gasteiger partial charge is 0.354 e. The molecular formula is C4H13BrOSi2. The highest BCUT2D eigenvalue weighted by Gasteiger charge is 1.75. The van der Waals surface area contributed by atoms with Gasteiger partial charge in [0.25, 0.3) is 0 Å². The van der Waals surface area contributed by atoms with Crippen molar-refractivity contribution in [3.63, 3.8) is 0 Å². The quantitative estimate of drug-likeness (QED) is 0.581. The summed E-state index contributed by atoms with van der Waals surface area (Å²) in [5.41, 5.74) is 3.47. The van der Waals surface area contributed by atoms with Crippen molar-refractivity contribution in [3.05, 3.63) is 11.3 Å². The molecule has 0 bridgehead atoms. The van der Waals surface area contributed by atoms with Crippen LogP contribution in [0.15, 0.2) is 11.3 Å². The van der Waals surface area contributed by atoms with Crippen molar-refractivity contribution in [1.29, 1.82) is 0 Å². The minimum atomic E-state index is -0.371. The van der Waals surface area contributed by atoms with Crippen LogP contribution < -0.4 is 0 Å². The van der Waals surface area contributed by atoms with Gasteiger partial charge in [-0.2, -0.15) is 0 Å². The second kappa shape index (κ2) is 7.61. The van der Waals surface area contributed by atoms with Gasteiger partial charge < -0.3 is 3.52 Å². The van der Waals surface area contributed by atoms with Crippen LogP contribution in [0.5, 0.6) is 0 Å². The van der Waals surface area contributed by atoms with Gasteiger partial charge in [-0.1, -0.05) is 11.3 Å². The third kappa shape index (κ3) is 9.79. The summed E-state index contributed by atoms with van der Waals surface area (Å²) in [6.45, 7) is 4.14. The third-order valence-electron chi connectivity index (χ3n) is 0.555. The van der Waals surface area contributed by atoms with Crippen molar-refractivity contribution in [2.45, 2.75) is 13.8 Å². The van der Waals surface area contributed by atoms with E-state index in [0.717, 1.165) is 0 Å². The van der Waals surface area contributed by atoms with E-state index in [4.69, 9.17) is 3.52 Å². The second-order valence-corrected chi connectivity index (χ2v) is 3.89. The first-order valence-electron chi connectivity index (χ1n) is 2.14. The lowest BCUT2D eigenvalue weighted by molar-refractivity contribution is 0.746. The smallest absolute Gasteiger partial charge is 0.203 e. The SMILES string of the molecule is CC(C)=C[SiH2]OBr.[SiH4]. The van der Waals surface area contributed by atoms with E-state index >= 15 is 0 Å². The topological polar surface area (TPSA) is 9.23 Å². The standard InChI is InChI=1S/C4H9BrOSi.H4Si/c1-4(2)3-7-6-5;/h3H,7H2,1-2H3;1H4. The van der Waals surface area contributed by atoms with E-state index < -0.39 is 0 Å². The first-order valence-corrected chi connectivity index (χ1v) is 4.18. The molecule has 50 valence electrons. The highest BCUT2D eigenvalue weighted by Crippen LogP contribution is 1.88. The third-order valence-corrected chi connectivity index (χ3v) is 2.46. The summed E-state index contributed by atoms with van der Waals surface area (Å²) in [4.78, 5) is 0. The van der Waals surface area contributed by atoms with Gasteiger partial charge in [0, 0.05) is 0 Å². The molecule has 0 aromatic heterocycles. The van der Waals surface area contributed by atoms with Gasteiger partial charge in [0.15, 0.2) is 0 Å². The molecular weight excluding hydrogens is 200 g/mol. The molecule has 8 heavy (non-hydrogen) atoms. The zero-order valence-electron chi connectivity index (χ0n) is 4.57. The molecule has 0 rings (SSSR count). The highest BCUT2D eigenvalue weighted by molar-refractivity contribution is 9.06. The van der Waals surface area contributed by atoms with Crippen LogP contribution in [0, 0.1) is 0 Å². The van der Waals surface area contributed by atoms with Crippen molar-refractivity contribution in [2.75, 3.05) is 0 Å². The van der Waals surface area contributed by atoms with Crippen LogP contribution >= 0.6 is 16.3 Å². The van der Waals surface area contributed by atoms with E-state index in [9.17, 15) is 0 Å². The molecule has 0 aromatic carbocycles. The van der Waals surface area contributed by atoms with Crippen molar-refractivity contribution in [2.24, 2.45) is 0 Å². The Morgan fingerprint density at radius 1 is 1.62 bits per heavy atom. The van der Waals surface area contributed by atoms with E-state index in [1.54, 1.807) is 0 Å².